The normalized spacial score (nSPS) is 12.7. The lowest BCUT2D eigenvalue weighted by Crippen LogP contribution is -2.07. The quantitative estimate of drug-likeness (QED) is 0.882. The zero-order valence-corrected chi connectivity index (χ0v) is 10.4. The van der Waals surface area contributed by atoms with E-state index in [1.54, 1.807) is 11.3 Å². The second-order valence-corrected chi connectivity index (χ2v) is 5.08. The summed E-state index contributed by atoms with van der Waals surface area (Å²) in [5, 5.41) is 1.09. The molecule has 2 nitrogen and oxygen atoms in total. The molecule has 0 saturated heterocycles. The lowest BCUT2D eigenvalue weighted by molar-refractivity contribution is 0.787. The van der Waals surface area contributed by atoms with Crippen LogP contribution in [0.2, 0.25) is 0 Å². The maximum absolute atomic E-state index is 5.66. The van der Waals surface area contributed by atoms with Crippen molar-refractivity contribution in [3.63, 3.8) is 0 Å². The highest BCUT2D eigenvalue weighted by atomic mass is 32.1. The van der Waals surface area contributed by atoms with E-state index >= 15 is 0 Å². The van der Waals surface area contributed by atoms with Crippen molar-refractivity contribution in [3.8, 4) is 10.6 Å². The number of nitrogens with zero attached hydrogens (tertiary/aromatic N) is 1. The first-order valence-electron chi connectivity index (χ1n) is 5.44. The SMILES string of the molecule is Cc1ccccc1-c1ncc(C(C)CN)s1. The molecule has 0 aliphatic rings. The van der Waals surface area contributed by atoms with Gasteiger partial charge in [0.1, 0.15) is 5.01 Å². The van der Waals surface area contributed by atoms with E-state index in [1.165, 1.54) is 16.0 Å². The maximum Gasteiger partial charge on any atom is 0.123 e. The molecule has 0 saturated carbocycles. The minimum Gasteiger partial charge on any atom is -0.330 e. The van der Waals surface area contributed by atoms with Crippen LogP contribution in [0.1, 0.15) is 23.3 Å². The highest BCUT2D eigenvalue weighted by Gasteiger charge is 2.10. The summed E-state index contributed by atoms with van der Waals surface area (Å²) >= 11 is 1.74. The Morgan fingerprint density at radius 2 is 2.12 bits per heavy atom. The van der Waals surface area contributed by atoms with Gasteiger partial charge in [0, 0.05) is 22.6 Å². The predicted octanol–water partition coefficient (Wildman–Crippen LogP) is 3.18. The van der Waals surface area contributed by atoms with E-state index in [2.05, 4.69) is 43.1 Å². The van der Waals surface area contributed by atoms with Gasteiger partial charge in [-0.15, -0.1) is 11.3 Å². The molecule has 84 valence electrons. The second kappa shape index (κ2) is 4.76. The van der Waals surface area contributed by atoms with Crippen LogP contribution in [0, 0.1) is 6.92 Å². The molecule has 1 aromatic heterocycles. The minimum absolute atomic E-state index is 0.398. The second-order valence-electron chi connectivity index (χ2n) is 4.02. The van der Waals surface area contributed by atoms with Crippen LogP contribution in [0.5, 0.6) is 0 Å². The van der Waals surface area contributed by atoms with Crippen molar-refractivity contribution >= 4 is 11.3 Å². The van der Waals surface area contributed by atoms with Crippen molar-refractivity contribution in [2.75, 3.05) is 6.54 Å². The van der Waals surface area contributed by atoms with Crippen LogP contribution < -0.4 is 5.73 Å². The van der Waals surface area contributed by atoms with Crippen molar-refractivity contribution in [1.29, 1.82) is 0 Å². The van der Waals surface area contributed by atoms with E-state index < -0.39 is 0 Å². The third kappa shape index (κ3) is 2.15. The van der Waals surface area contributed by atoms with Crippen LogP contribution in [0.3, 0.4) is 0 Å². The highest BCUT2D eigenvalue weighted by Crippen LogP contribution is 2.30. The molecule has 0 spiro atoms. The number of hydrogen-bond acceptors (Lipinski definition) is 3. The smallest absolute Gasteiger partial charge is 0.123 e. The van der Waals surface area contributed by atoms with Crippen molar-refractivity contribution in [3.05, 3.63) is 40.9 Å². The molecular weight excluding hydrogens is 216 g/mol. The standard InChI is InChI=1S/C13H16N2S/c1-9-5-3-4-6-11(9)13-15-8-12(16-13)10(2)7-14/h3-6,8,10H,7,14H2,1-2H3. The molecule has 3 heteroatoms. The molecule has 0 radical (unpaired) electrons. The van der Waals surface area contributed by atoms with Crippen LogP contribution in [0.15, 0.2) is 30.5 Å². The van der Waals surface area contributed by atoms with Crippen LogP contribution in [-0.4, -0.2) is 11.5 Å². The molecule has 0 aliphatic carbocycles. The van der Waals surface area contributed by atoms with Gasteiger partial charge >= 0.3 is 0 Å². The monoisotopic (exact) mass is 232 g/mol. The van der Waals surface area contributed by atoms with E-state index in [0.29, 0.717) is 12.5 Å². The first kappa shape index (κ1) is 11.3. The van der Waals surface area contributed by atoms with E-state index in [0.717, 1.165) is 5.01 Å². The Labute approximate surface area is 100 Å². The molecule has 2 rings (SSSR count). The molecule has 2 N–H and O–H groups in total. The summed E-state index contributed by atoms with van der Waals surface area (Å²) in [6.07, 6.45) is 1.95. The average Bonchev–Trinajstić information content (AvgIpc) is 2.78. The van der Waals surface area contributed by atoms with Crippen LogP contribution in [0.25, 0.3) is 10.6 Å². The summed E-state index contributed by atoms with van der Waals surface area (Å²) in [6, 6.07) is 8.33. The van der Waals surface area contributed by atoms with Crippen molar-refractivity contribution in [2.45, 2.75) is 19.8 Å². The summed E-state index contributed by atoms with van der Waals surface area (Å²) in [7, 11) is 0. The van der Waals surface area contributed by atoms with Gasteiger partial charge in [0.05, 0.1) is 0 Å². The Hall–Kier alpha value is -1.19. The average molecular weight is 232 g/mol. The van der Waals surface area contributed by atoms with Gasteiger partial charge in [-0.1, -0.05) is 31.2 Å². The molecular formula is C13H16N2S. The van der Waals surface area contributed by atoms with Crippen molar-refractivity contribution < 1.29 is 0 Å². The molecule has 16 heavy (non-hydrogen) atoms. The zero-order valence-electron chi connectivity index (χ0n) is 9.60. The topological polar surface area (TPSA) is 38.9 Å². The molecule has 1 atom stereocenters. The molecule has 1 unspecified atom stereocenters. The largest absolute Gasteiger partial charge is 0.330 e. The molecule has 2 aromatic rings. The van der Waals surface area contributed by atoms with Crippen LogP contribution >= 0.6 is 11.3 Å². The Balaban J connectivity index is 2.35. The predicted molar refractivity (Wildman–Crippen MR) is 69.8 cm³/mol. The van der Waals surface area contributed by atoms with E-state index in [4.69, 9.17) is 5.73 Å². The fourth-order valence-electron chi connectivity index (χ4n) is 1.57. The fraction of sp³-hybridized carbons (Fsp3) is 0.308. The third-order valence-corrected chi connectivity index (χ3v) is 4.00. The third-order valence-electron chi connectivity index (χ3n) is 2.74. The zero-order chi connectivity index (χ0) is 11.5. The number of rotatable bonds is 3. The Kier molecular flexibility index (Phi) is 3.36. The summed E-state index contributed by atoms with van der Waals surface area (Å²) < 4.78 is 0. The number of benzene rings is 1. The number of aromatic nitrogens is 1. The van der Waals surface area contributed by atoms with Crippen LogP contribution in [0.4, 0.5) is 0 Å². The highest BCUT2D eigenvalue weighted by molar-refractivity contribution is 7.15. The van der Waals surface area contributed by atoms with Gasteiger partial charge in [-0.2, -0.15) is 0 Å². The Morgan fingerprint density at radius 1 is 1.38 bits per heavy atom. The minimum atomic E-state index is 0.398. The summed E-state index contributed by atoms with van der Waals surface area (Å²) in [5.41, 5.74) is 8.15. The molecule has 0 aliphatic heterocycles. The first-order valence-corrected chi connectivity index (χ1v) is 6.26. The van der Waals surface area contributed by atoms with E-state index in [9.17, 15) is 0 Å². The lowest BCUT2D eigenvalue weighted by atomic mass is 10.1. The maximum atomic E-state index is 5.66. The first-order chi connectivity index (χ1) is 7.72. The van der Waals surface area contributed by atoms with Crippen molar-refractivity contribution in [2.24, 2.45) is 5.73 Å². The molecule has 0 amide bonds. The fourth-order valence-corrected chi connectivity index (χ4v) is 2.64. The number of hydrogen-bond donors (Lipinski definition) is 1. The van der Waals surface area contributed by atoms with Gasteiger partial charge in [0.25, 0.3) is 0 Å². The molecule has 1 aromatic carbocycles. The number of aryl methyl sites for hydroxylation is 1. The summed E-state index contributed by atoms with van der Waals surface area (Å²) in [5.74, 6) is 0.398. The summed E-state index contributed by atoms with van der Waals surface area (Å²) in [6.45, 7) is 4.92. The lowest BCUT2D eigenvalue weighted by Gasteiger charge is -2.03. The summed E-state index contributed by atoms with van der Waals surface area (Å²) in [4.78, 5) is 5.74. The van der Waals surface area contributed by atoms with Gasteiger partial charge in [-0.25, -0.2) is 4.98 Å². The molecule has 0 fully saturated rings. The van der Waals surface area contributed by atoms with E-state index in [1.807, 2.05) is 6.20 Å². The van der Waals surface area contributed by atoms with E-state index in [-0.39, 0.29) is 0 Å². The van der Waals surface area contributed by atoms with Gasteiger partial charge in [0.2, 0.25) is 0 Å². The van der Waals surface area contributed by atoms with Gasteiger partial charge < -0.3 is 5.73 Å². The molecule has 1 heterocycles. The molecule has 0 bridgehead atoms. The number of nitrogens with two attached hydrogens (primary N) is 1. The van der Waals surface area contributed by atoms with Crippen molar-refractivity contribution in [1.82, 2.24) is 4.98 Å². The van der Waals surface area contributed by atoms with Gasteiger partial charge in [-0.05, 0) is 19.0 Å². The van der Waals surface area contributed by atoms with Crippen LogP contribution in [-0.2, 0) is 0 Å². The van der Waals surface area contributed by atoms with Gasteiger partial charge in [0.15, 0.2) is 0 Å². The Bertz CT molecular complexity index is 476. The van der Waals surface area contributed by atoms with Gasteiger partial charge in [-0.3, -0.25) is 0 Å². The number of thiazole rings is 1. The Morgan fingerprint density at radius 3 is 2.81 bits per heavy atom.